The van der Waals surface area contributed by atoms with Crippen LogP contribution in [0.2, 0.25) is 0 Å². The number of piperidine rings is 1. The first kappa shape index (κ1) is 12.1. The number of aromatic nitrogens is 1. The summed E-state index contributed by atoms with van der Waals surface area (Å²) >= 11 is 0. The fourth-order valence-electron chi connectivity index (χ4n) is 2.37. The number of nitrogens with zero attached hydrogens (tertiary/aromatic N) is 2. The molecule has 1 aromatic heterocycles. The Morgan fingerprint density at radius 3 is 2.94 bits per heavy atom. The second-order valence-electron chi connectivity index (χ2n) is 4.94. The number of aryl methyl sites for hydroxylation is 1. The van der Waals surface area contributed by atoms with E-state index in [0.29, 0.717) is 18.2 Å². The van der Waals surface area contributed by atoms with Gasteiger partial charge in [0.15, 0.2) is 0 Å². The van der Waals surface area contributed by atoms with Crippen molar-refractivity contribution in [1.29, 1.82) is 0 Å². The van der Waals surface area contributed by atoms with Crippen LogP contribution < -0.4 is 0 Å². The summed E-state index contributed by atoms with van der Waals surface area (Å²) in [5.74, 6) is 0.960. The van der Waals surface area contributed by atoms with Crippen LogP contribution in [0.3, 0.4) is 0 Å². The van der Waals surface area contributed by atoms with Crippen molar-refractivity contribution in [2.24, 2.45) is 5.92 Å². The van der Waals surface area contributed by atoms with E-state index in [2.05, 4.69) is 11.9 Å². The zero-order chi connectivity index (χ0) is 12.1. The van der Waals surface area contributed by atoms with E-state index >= 15 is 0 Å². The van der Waals surface area contributed by atoms with E-state index in [0.717, 1.165) is 25.9 Å². The van der Waals surface area contributed by atoms with E-state index in [1.807, 2.05) is 17.0 Å². The third-order valence-corrected chi connectivity index (χ3v) is 3.39. The van der Waals surface area contributed by atoms with E-state index in [1.165, 1.54) is 12.0 Å². The van der Waals surface area contributed by atoms with Crippen molar-refractivity contribution in [2.75, 3.05) is 13.1 Å². The first-order valence-corrected chi connectivity index (χ1v) is 6.42. The number of rotatable bonds is 3. The van der Waals surface area contributed by atoms with Gasteiger partial charge in [-0.25, -0.2) is 0 Å². The highest BCUT2D eigenvalue weighted by atomic mass is 16.2. The van der Waals surface area contributed by atoms with Crippen molar-refractivity contribution >= 4 is 5.91 Å². The predicted molar refractivity (Wildman–Crippen MR) is 67.5 cm³/mol. The number of pyridine rings is 1. The minimum absolute atomic E-state index is 0.299. The summed E-state index contributed by atoms with van der Waals surface area (Å²) < 4.78 is 0. The zero-order valence-corrected chi connectivity index (χ0v) is 10.4. The lowest BCUT2D eigenvalue weighted by Crippen LogP contribution is -2.39. The standard InChI is InChI=1S/C14H20N2O/c1-12-3-2-10-16(11-12)14(17)5-4-13-6-8-15-9-7-13/h6-9,12H,2-5,10-11H2,1H3. The molecule has 1 saturated heterocycles. The maximum absolute atomic E-state index is 12.0. The van der Waals surface area contributed by atoms with Gasteiger partial charge in [0, 0.05) is 31.9 Å². The highest BCUT2D eigenvalue weighted by molar-refractivity contribution is 5.76. The van der Waals surface area contributed by atoms with Crippen LogP contribution in [0.15, 0.2) is 24.5 Å². The fraction of sp³-hybridized carbons (Fsp3) is 0.571. The molecule has 1 unspecified atom stereocenters. The number of hydrogen-bond donors (Lipinski definition) is 0. The Morgan fingerprint density at radius 2 is 2.24 bits per heavy atom. The quantitative estimate of drug-likeness (QED) is 0.801. The molecule has 0 spiro atoms. The monoisotopic (exact) mass is 232 g/mol. The van der Waals surface area contributed by atoms with Gasteiger partial charge in [0.25, 0.3) is 0 Å². The van der Waals surface area contributed by atoms with Crippen LogP contribution in [0.4, 0.5) is 0 Å². The van der Waals surface area contributed by atoms with Gasteiger partial charge in [0.1, 0.15) is 0 Å². The molecule has 0 saturated carbocycles. The van der Waals surface area contributed by atoms with Gasteiger partial charge in [-0.3, -0.25) is 9.78 Å². The fourth-order valence-corrected chi connectivity index (χ4v) is 2.37. The molecule has 1 atom stereocenters. The Kier molecular flexibility index (Phi) is 4.13. The van der Waals surface area contributed by atoms with Gasteiger partial charge < -0.3 is 4.90 Å². The number of likely N-dealkylation sites (tertiary alicyclic amines) is 1. The predicted octanol–water partition coefficient (Wildman–Crippen LogP) is 2.27. The summed E-state index contributed by atoms with van der Waals surface area (Å²) in [4.78, 5) is 18.0. The van der Waals surface area contributed by atoms with E-state index in [4.69, 9.17) is 0 Å². The van der Waals surface area contributed by atoms with Gasteiger partial charge in [-0.1, -0.05) is 6.92 Å². The van der Waals surface area contributed by atoms with Crippen molar-refractivity contribution in [1.82, 2.24) is 9.88 Å². The SMILES string of the molecule is CC1CCCN(C(=O)CCc2ccncc2)C1. The lowest BCUT2D eigenvalue weighted by molar-refractivity contribution is -0.132. The number of amides is 1. The normalized spacial score (nSPS) is 20.3. The van der Waals surface area contributed by atoms with Crippen LogP contribution in [0.5, 0.6) is 0 Å². The molecule has 0 aromatic carbocycles. The highest BCUT2D eigenvalue weighted by Gasteiger charge is 2.20. The Balaban J connectivity index is 1.81. The third kappa shape index (κ3) is 3.55. The molecular weight excluding hydrogens is 212 g/mol. The van der Waals surface area contributed by atoms with Crippen LogP contribution in [0, 0.1) is 5.92 Å². The van der Waals surface area contributed by atoms with Crippen LogP contribution in [0.1, 0.15) is 31.7 Å². The Morgan fingerprint density at radius 1 is 1.47 bits per heavy atom. The summed E-state index contributed by atoms with van der Waals surface area (Å²) in [5.41, 5.74) is 1.19. The molecule has 92 valence electrons. The molecule has 3 nitrogen and oxygen atoms in total. The Bertz CT molecular complexity index is 364. The van der Waals surface area contributed by atoms with Gasteiger partial charge in [0.05, 0.1) is 0 Å². The molecule has 17 heavy (non-hydrogen) atoms. The van der Waals surface area contributed by atoms with E-state index in [9.17, 15) is 4.79 Å². The van der Waals surface area contributed by atoms with Crippen LogP contribution in [0.25, 0.3) is 0 Å². The second-order valence-corrected chi connectivity index (χ2v) is 4.94. The summed E-state index contributed by atoms with van der Waals surface area (Å²) in [5, 5.41) is 0. The Labute approximate surface area is 103 Å². The number of carbonyl (C=O) groups is 1. The lowest BCUT2D eigenvalue weighted by atomic mass is 9.99. The molecule has 1 aliphatic rings. The first-order valence-electron chi connectivity index (χ1n) is 6.42. The number of carbonyl (C=O) groups excluding carboxylic acids is 1. The van der Waals surface area contributed by atoms with Crippen LogP contribution in [-0.2, 0) is 11.2 Å². The zero-order valence-electron chi connectivity index (χ0n) is 10.4. The molecule has 2 heterocycles. The average molecular weight is 232 g/mol. The highest BCUT2D eigenvalue weighted by Crippen LogP contribution is 2.16. The maximum Gasteiger partial charge on any atom is 0.222 e. The number of hydrogen-bond acceptors (Lipinski definition) is 2. The van der Waals surface area contributed by atoms with Gasteiger partial charge >= 0.3 is 0 Å². The molecule has 1 aliphatic heterocycles. The second kappa shape index (κ2) is 5.80. The minimum atomic E-state index is 0.299. The molecule has 2 rings (SSSR count). The molecule has 1 fully saturated rings. The smallest absolute Gasteiger partial charge is 0.222 e. The summed E-state index contributed by atoms with van der Waals surface area (Å²) in [7, 11) is 0. The molecule has 0 bridgehead atoms. The summed E-state index contributed by atoms with van der Waals surface area (Å²) in [6.07, 6.45) is 7.42. The van der Waals surface area contributed by atoms with Crippen molar-refractivity contribution < 1.29 is 4.79 Å². The van der Waals surface area contributed by atoms with Gasteiger partial charge in [-0.2, -0.15) is 0 Å². The topological polar surface area (TPSA) is 33.2 Å². The van der Waals surface area contributed by atoms with Gasteiger partial charge in [-0.15, -0.1) is 0 Å². The molecule has 3 heteroatoms. The molecule has 0 N–H and O–H groups in total. The van der Waals surface area contributed by atoms with E-state index < -0.39 is 0 Å². The maximum atomic E-state index is 12.0. The third-order valence-electron chi connectivity index (χ3n) is 3.39. The Hall–Kier alpha value is -1.38. The van der Waals surface area contributed by atoms with E-state index in [1.54, 1.807) is 12.4 Å². The molecule has 1 aromatic rings. The van der Waals surface area contributed by atoms with Crippen molar-refractivity contribution in [2.45, 2.75) is 32.6 Å². The molecular formula is C14H20N2O. The summed E-state index contributed by atoms with van der Waals surface area (Å²) in [6, 6.07) is 3.96. The summed E-state index contributed by atoms with van der Waals surface area (Å²) in [6.45, 7) is 4.11. The van der Waals surface area contributed by atoms with Crippen molar-refractivity contribution in [3.8, 4) is 0 Å². The molecule has 1 amide bonds. The lowest BCUT2D eigenvalue weighted by Gasteiger charge is -2.31. The average Bonchev–Trinajstić information content (AvgIpc) is 2.37. The largest absolute Gasteiger partial charge is 0.342 e. The van der Waals surface area contributed by atoms with E-state index in [-0.39, 0.29) is 0 Å². The first-order chi connectivity index (χ1) is 8.25. The van der Waals surface area contributed by atoms with Crippen molar-refractivity contribution in [3.05, 3.63) is 30.1 Å². The van der Waals surface area contributed by atoms with Gasteiger partial charge in [-0.05, 0) is 42.9 Å². The van der Waals surface area contributed by atoms with Crippen molar-refractivity contribution in [3.63, 3.8) is 0 Å². The molecule has 0 radical (unpaired) electrons. The minimum Gasteiger partial charge on any atom is -0.342 e. The molecule has 0 aliphatic carbocycles. The van der Waals surface area contributed by atoms with Crippen LogP contribution >= 0.6 is 0 Å². The van der Waals surface area contributed by atoms with Gasteiger partial charge in [0.2, 0.25) is 5.91 Å². The van der Waals surface area contributed by atoms with Crippen LogP contribution in [-0.4, -0.2) is 28.9 Å².